The molecular weight excluding hydrogens is 406 g/mol. The van der Waals surface area contributed by atoms with Crippen molar-refractivity contribution in [2.45, 2.75) is 24.8 Å². The predicted molar refractivity (Wildman–Crippen MR) is 123 cm³/mol. The van der Waals surface area contributed by atoms with Crippen LogP contribution in [0.3, 0.4) is 0 Å². The van der Waals surface area contributed by atoms with Crippen LogP contribution in [0.2, 0.25) is 0 Å². The Balaban J connectivity index is 1.40. The van der Waals surface area contributed by atoms with E-state index in [9.17, 15) is 4.79 Å². The molecule has 2 aromatic carbocycles. The number of aromatic amines is 1. The highest BCUT2D eigenvalue weighted by molar-refractivity contribution is 5.97. The zero-order valence-corrected chi connectivity index (χ0v) is 18.8. The van der Waals surface area contributed by atoms with Crippen LogP contribution in [0, 0.1) is 0 Å². The number of likely N-dealkylation sites (tertiary alicyclic amines) is 1. The number of amides is 1. The maximum absolute atomic E-state index is 13.3. The van der Waals surface area contributed by atoms with Crippen LogP contribution in [-0.2, 0) is 12.0 Å². The predicted octanol–water partition coefficient (Wildman–Crippen LogP) is 3.47. The van der Waals surface area contributed by atoms with Crippen molar-refractivity contribution >= 4 is 16.8 Å². The molecule has 3 aromatic rings. The lowest BCUT2D eigenvalue weighted by molar-refractivity contribution is 0.0623. The second kappa shape index (κ2) is 8.06. The second-order valence-electron chi connectivity index (χ2n) is 8.51. The molecule has 0 saturated carbocycles. The summed E-state index contributed by atoms with van der Waals surface area (Å²) in [6.07, 6.45) is 2.69. The minimum Gasteiger partial charge on any atom is -0.497 e. The zero-order valence-electron chi connectivity index (χ0n) is 18.8. The number of benzene rings is 2. The highest BCUT2D eigenvalue weighted by atomic mass is 16.5. The Kier molecular flexibility index (Phi) is 5.21. The first kappa shape index (κ1) is 20.7. The average molecular weight is 436 g/mol. The van der Waals surface area contributed by atoms with Crippen LogP contribution in [0.4, 0.5) is 0 Å². The van der Waals surface area contributed by atoms with E-state index < -0.39 is 0 Å². The van der Waals surface area contributed by atoms with Gasteiger partial charge in [0.05, 0.1) is 32.4 Å². The molecule has 5 rings (SSSR count). The smallest absolute Gasteiger partial charge is 0.257 e. The van der Waals surface area contributed by atoms with Crippen LogP contribution < -0.4 is 19.5 Å². The van der Waals surface area contributed by atoms with Crippen molar-refractivity contribution in [1.29, 1.82) is 0 Å². The molecule has 2 N–H and O–H groups in total. The van der Waals surface area contributed by atoms with Gasteiger partial charge in [-0.1, -0.05) is 0 Å². The fourth-order valence-electron chi connectivity index (χ4n) is 5.20. The van der Waals surface area contributed by atoms with Gasteiger partial charge in [-0.25, -0.2) is 0 Å². The summed E-state index contributed by atoms with van der Waals surface area (Å²) in [4.78, 5) is 18.9. The lowest BCUT2D eigenvalue weighted by atomic mass is 9.79. The van der Waals surface area contributed by atoms with E-state index in [4.69, 9.17) is 14.2 Å². The molecule has 1 fully saturated rings. The first-order valence-corrected chi connectivity index (χ1v) is 11.0. The summed E-state index contributed by atoms with van der Waals surface area (Å²) in [7, 11) is 4.88. The van der Waals surface area contributed by atoms with Gasteiger partial charge in [0.15, 0.2) is 0 Å². The van der Waals surface area contributed by atoms with Crippen molar-refractivity contribution in [3.05, 3.63) is 53.2 Å². The summed E-state index contributed by atoms with van der Waals surface area (Å²) in [5.41, 5.74) is 4.20. The normalized spacial score (nSPS) is 17.3. The number of methoxy groups -OCH3 is 3. The fraction of sp³-hybridized carbons (Fsp3) is 0.400. The number of carbonyl (C=O) groups excluding carboxylic acids is 1. The van der Waals surface area contributed by atoms with Gasteiger partial charge in [0, 0.05) is 42.3 Å². The number of piperidine rings is 1. The number of nitrogens with one attached hydrogen (secondary N) is 2. The summed E-state index contributed by atoms with van der Waals surface area (Å²) >= 11 is 0. The Morgan fingerprint density at radius 2 is 1.69 bits per heavy atom. The monoisotopic (exact) mass is 435 g/mol. The highest BCUT2D eigenvalue weighted by Crippen LogP contribution is 2.41. The van der Waals surface area contributed by atoms with E-state index in [0.29, 0.717) is 30.2 Å². The number of H-pyrrole nitrogens is 1. The van der Waals surface area contributed by atoms with E-state index in [-0.39, 0.29) is 11.4 Å². The van der Waals surface area contributed by atoms with E-state index >= 15 is 0 Å². The van der Waals surface area contributed by atoms with E-state index in [0.717, 1.165) is 37.1 Å². The molecule has 1 aromatic heterocycles. The number of ether oxygens (including phenoxy) is 3. The molecule has 1 spiro atoms. The van der Waals surface area contributed by atoms with Gasteiger partial charge < -0.3 is 29.4 Å². The standard InChI is InChI=1S/C25H29N3O4/c1-30-16-5-7-21-20(14-16)18-8-11-26-25(23(18)27-21)9-12-28(13-10-25)24(29)19-6-4-17(31-2)15-22(19)32-3/h4-7,14-15,26-27H,8-13H2,1-3H3. The van der Waals surface area contributed by atoms with Crippen molar-refractivity contribution in [2.75, 3.05) is 41.0 Å². The Hall–Kier alpha value is -3.19. The van der Waals surface area contributed by atoms with E-state index in [1.54, 1.807) is 39.5 Å². The molecule has 0 radical (unpaired) electrons. The summed E-state index contributed by atoms with van der Waals surface area (Å²) in [6.45, 7) is 2.29. The maximum atomic E-state index is 13.3. The topological polar surface area (TPSA) is 75.8 Å². The van der Waals surface area contributed by atoms with Gasteiger partial charge in [-0.15, -0.1) is 0 Å². The Labute approximate surface area is 187 Å². The van der Waals surface area contributed by atoms with Gasteiger partial charge in [0.25, 0.3) is 5.91 Å². The molecule has 0 bridgehead atoms. The number of hydrogen-bond acceptors (Lipinski definition) is 5. The second-order valence-corrected chi connectivity index (χ2v) is 8.51. The van der Waals surface area contributed by atoms with Crippen LogP contribution in [0.15, 0.2) is 36.4 Å². The number of fused-ring (bicyclic) bond motifs is 4. The third-order valence-electron chi connectivity index (χ3n) is 6.97. The van der Waals surface area contributed by atoms with E-state index in [2.05, 4.69) is 22.4 Å². The molecule has 0 aliphatic carbocycles. The van der Waals surface area contributed by atoms with Gasteiger partial charge in [0.2, 0.25) is 0 Å². The summed E-state index contributed by atoms with van der Waals surface area (Å²) < 4.78 is 16.2. The Morgan fingerprint density at radius 3 is 2.41 bits per heavy atom. The molecule has 3 heterocycles. The van der Waals surface area contributed by atoms with Crippen molar-refractivity contribution in [2.24, 2.45) is 0 Å². The highest BCUT2D eigenvalue weighted by Gasteiger charge is 2.42. The van der Waals surface area contributed by atoms with Crippen molar-refractivity contribution < 1.29 is 19.0 Å². The molecule has 0 atom stereocenters. The first-order chi connectivity index (χ1) is 15.6. The number of carbonyl (C=O) groups is 1. The van der Waals surface area contributed by atoms with Crippen LogP contribution in [0.1, 0.15) is 34.5 Å². The minimum absolute atomic E-state index is 0.00299. The summed E-state index contributed by atoms with van der Waals surface area (Å²) in [5, 5.41) is 5.01. The van der Waals surface area contributed by atoms with Gasteiger partial charge in [-0.2, -0.15) is 0 Å². The SMILES string of the molecule is COc1ccc(C(=O)N2CCC3(CC2)NCCc2c3[nH]c3ccc(OC)cc23)c(OC)c1. The third kappa shape index (κ3) is 3.28. The van der Waals surface area contributed by atoms with E-state index in [1.807, 2.05) is 11.0 Å². The molecule has 1 saturated heterocycles. The lowest BCUT2D eigenvalue weighted by Crippen LogP contribution is -2.55. The van der Waals surface area contributed by atoms with Crippen LogP contribution in [0.25, 0.3) is 10.9 Å². The number of rotatable bonds is 4. The third-order valence-corrected chi connectivity index (χ3v) is 6.97. The quantitative estimate of drug-likeness (QED) is 0.656. The van der Waals surface area contributed by atoms with Crippen LogP contribution in [-0.4, -0.2) is 56.8 Å². The summed E-state index contributed by atoms with van der Waals surface area (Å²) in [6, 6.07) is 11.6. The van der Waals surface area contributed by atoms with Gasteiger partial charge in [0.1, 0.15) is 17.2 Å². The zero-order chi connectivity index (χ0) is 22.3. The molecular formula is C25H29N3O4. The molecule has 32 heavy (non-hydrogen) atoms. The van der Waals surface area contributed by atoms with Gasteiger partial charge >= 0.3 is 0 Å². The first-order valence-electron chi connectivity index (χ1n) is 11.0. The van der Waals surface area contributed by atoms with E-state index in [1.165, 1.54) is 16.6 Å². The molecule has 168 valence electrons. The fourth-order valence-corrected chi connectivity index (χ4v) is 5.20. The number of nitrogens with zero attached hydrogens (tertiary/aromatic N) is 1. The van der Waals surface area contributed by atoms with Crippen molar-refractivity contribution in [1.82, 2.24) is 15.2 Å². The molecule has 2 aliphatic heterocycles. The number of hydrogen-bond donors (Lipinski definition) is 2. The average Bonchev–Trinajstić information content (AvgIpc) is 3.23. The molecule has 1 amide bonds. The Bertz CT molecular complexity index is 1160. The molecule has 7 nitrogen and oxygen atoms in total. The van der Waals surface area contributed by atoms with Gasteiger partial charge in [-0.3, -0.25) is 4.79 Å². The van der Waals surface area contributed by atoms with Gasteiger partial charge in [-0.05, 0) is 55.2 Å². The summed E-state index contributed by atoms with van der Waals surface area (Å²) in [5.74, 6) is 2.08. The van der Waals surface area contributed by atoms with Crippen molar-refractivity contribution in [3.8, 4) is 17.2 Å². The molecule has 2 aliphatic rings. The maximum Gasteiger partial charge on any atom is 0.257 e. The number of aromatic nitrogens is 1. The van der Waals surface area contributed by atoms with Crippen LogP contribution >= 0.6 is 0 Å². The lowest BCUT2D eigenvalue weighted by Gasteiger charge is -2.44. The Morgan fingerprint density at radius 1 is 0.969 bits per heavy atom. The van der Waals surface area contributed by atoms with Crippen LogP contribution in [0.5, 0.6) is 17.2 Å². The molecule has 0 unspecified atom stereocenters. The molecule has 7 heteroatoms. The van der Waals surface area contributed by atoms with Crippen molar-refractivity contribution in [3.63, 3.8) is 0 Å². The minimum atomic E-state index is -0.138. The largest absolute Gasteiger partial charge is 0.497 e.